The second-order valence-electron chi connectivity index (χ2n) is 3.96. The maximum atomic E-state index is 5.73. The number of ether oxygens (including phenoxy) is 1. The van der Waals surface area contributed by atoms with Gasteiger partial charge in [0, 0.05) is 19.7 Å². The summed E-state index contributed by atoms with van der Waals surface area (Å²) in [6.45, 7) is 2.22. The molecule has 2 atom stereocenters. The number of rotatable bonds is 5. The van der Waals surface area contributed by atoms with Crippen LogP contribution in [0, 0.1) is 0 Å². The van der Waals surface area contributed by atoms with Crippen molar-refractivity contribution < 1.29 is 9.15 Å². The van der Waals surface area contributed by atoms with Gasteiger partial charge in [-0.1, -0.05) is 0 Å². The Balaban J connectivity index is 1.88. The van der Waals surface area contributed by atoms with Crippen LogP contribution < -0.4 is 11.1 Å². The largest absolute Gasteiger partial charge is 0.466 e. The highest BCUT2D eigenvalue weighted by molar-refractivity contribution is 9.10. The molecule has 3 N–H and O–H groups in total. The Morgan fingerprint density at radius 2 is 2.50 bits per heavy atom. The lowest BCUT2D eigenvalue weighted by molar-refractivity contribution is 0.107. The van der Waals surface area contributed by atoms with Gasteiger partial charge >= 0.3 is 0 Å². The quantitative estimate of drug-likeness (QED) is 0.868. The molecule has 0 aromatic carbocycles. The van der Waals surface area contributed by atoms with Crippen molar-refractivity contribution in [3.8, 4) is 0 Å². The second-order valence-corrected chi connectivity index (χ2v) is 4.82. The maximum Gasteiger partial charge on any atom is 0.136 e. The molecule has 2 heterocycles. The first-order valence-electron chi connectivity index (χ1n) is 5.59. The van der Waals surface area contributed by atoms with Gasteiger partial charge in [-0.3, -0.25) is 0 Å². The highest BCUT2D eigenvalue weighted by Crippen LogP contribution is 2.24. The van der Waals surface area contributed by atoms with Crippen LogP contribution in [-0.2, 0) is 4.74 Å². The molecular weight excluding hydrogens is 272 g/mol. The van der Waals surface area contributed by atoms with E-state index in [2.05, 4.69) is 21.2 Å². The molecule has 0 aliphatic carbocycles. The predicted octanol–water partition coefficient (Wildman–Crippen LogP) is 1.81. The van der Waals surface area contributed by atoms with E-state index in [4.69, 9.17) is 14.9 Å². The third-order valence-electron chi connectivity index (χ3n) is 2.81. The summed E-state index contributed by atoms with van der Waals surface area (Å²) in [5.41, 5.74) is 5.73. The number of nitrogens with two attached hydrogens (primary N) is 1. The van der Waals surface area contributed by atoms with Crippen molar-refractivity contribution in [3.63, 3.8) is 0 Å². The maximum absolute atomic E-state index is 5.73. The fourth-order valence-corrected chi connectivity index (χ4v) is 2.39. The number of hydrogen-bond acceptors (Lipinski definition) is 4. The summed E-state index contributed by atoms with van der Waals surface area (Å²) in [7, 11) is 0. The summed E-state index contributed by atoms with van der Waals surface area (Å²) in [5.74, 6) is 0.862. The Morgan fingerprint density at radius 1 is 1.62 bits per heavy atom. The van der Waals surface area contributed by atoms with Gasteiger partial charge in [0.1, 0.15) is 5.76 Å². The standard InChI is InChI=1S/C11H17BrN2O2/c12-9-3-5-16-11(9)10(6-13)14-7-8-2-1-4-15-8/h3,5,8,10,14H,1-2,4,6-7,13H2. The summed E-state index contributed by atoms with van der Waals surface area (Å²) in [6.07, 6.45) is 4.27. The van der Waals surface area contributed by atoms with Crippen molar-refractivity contribution in [2.24, 2.45) is 5.73 Å². The van der Waals surface area contributed by atoms with Crippen molar-refractivity contribution in [1.82, 2.24) is 5.32 Å². The van der Waals surface area contributed by atoms with Crippen LogP contribution in [0.1, 0.15) is 24.6 Å². The Bertz CT molecular complexity index is 324. The molecule has 1 fully saturated rings. The Morgan fingerprint density at radius 3 is 3.06 bits per heavy atom. The number of halogens is 1. The van der Waals surface area contributed by atoms with Crippen LogP contribution in [0.4, 0.5) is 0 Å². The van der Waals surface area contributed by atoms with Crippen LogP contribution in [0.15, 0.2) is 21.2 Å². The normalized spacial score (nSPS) is 22.5. The molecule has 90 valence electrons. The lowest BCUT2D eigenvalue weighted by Gasteiger charge is -2.17. The molecule has 1 aromatic rings. The Hall–Kier alpha value is -0.360. The summed E-state index contributed by atoms with van der Waals surface area (Å²) >= 11 is 3.44. The average Bonchev–Trinajstić information content (AvgIpc) is 2.92. The molecule has 1 aliphatic heterocycles. The second kappa shape index (κ2) is 5.82. The fraction of sp³-hybridized carbons (Fsp3) is 0.636. The minimum atomic E-state index is 0.0496. The zero-order chi connectivity index (χ0) is 11.4. The van der Waals surface area contributed by atoms with Gasteiger partial charge in [0.05, 0.1) is 22.9 Å². The van der Waals surface area contributed by atoms with Crippen LogP contribution in [-0.4, -0.2) is 25.8 Å². The zero-order valence-electron chi connectivity index (χ0n) is 9.12. The van der Waals surface area contributed by atoms with Crippen molar-refractivity contribution in [3.05, 3.63) is 22.6 Å². The predicted molar refractivity (Wildman–Crippen MR) is 65.2 cm³/mol. The van der Waals surface area contributed by atoms with Gasteiger partial charge in [0.15, 0.2) is 0 Å². The van der Waals surface area contributed by atoms with Gasteiger partial charge in [-0.25, -0.2) is 0 Å². The van der Waals surface area contributed by atoms with E-state index in [9.17, 15) is 0 Å². The van der Waals surface area contributed by atoms with E-state index in [1.54, 1.807) is 6.26 Å². The molecule has 0 radical (unpaired) electrons. The Kier molecular flexibility index (Phi) is 4.40. The molecule has 0 spiro atoms. The molecule has 2 rings (SSSR count). The summed E-state index contributed by atoms with van der Waals surface area (Å²) in [4.78, 5) is 0. The van der Waals surface area contributed by atoms with Crippen molar-refractivity contribution >= 4 is 15.9 Å². The zero-order valence-corrected chi connectivity index (χ0v) is 10.7. The van der Waals surface area contributed by atoms with Gasteiger partial charge in [-0.05, 0) is 34.8 Å². The van der Waals surface area contributed by atoms with Crippen LogP contribution in [0.25, 0.3) is 0 Å². The number of furan rings is 1. The molecule has 0 saturated carbocycles. The van der Waals surface area contributed by atoms with Crippen LogP contribution >= 0.6 is 15.9 Å². The first kappa shape index (κ1) is 12.1. The van der Waals surface area contributed by atoms with E-state index < -0.39 is 0 Å². The van der Waals surface area contributed by atoms with E-state index in [1.807, 2.05) is 6.07 Å². The first-order chi connectivity index (χ1) is 7.81. The van der Waals surface area contributed by atoms with Gasteiger partial charge in [-0.2, -0.15) is 0 Å². The minimum absolute atomic E-state index is 0.0496. The molecule has 2 unspecified atom stereocenters. The van der Waals surface area contributed by atoms with Gasteiger partial charge in [-0.15, -0.1) is 0 Å². The summed E-state index contributed by atoms with van der Waals surface area (Å²) in [5, 5.41) is 3.38. The molecule has 16 heavy (non-hydrogen) atoms. The van der Waals surface area contributed by atoms with Gasteiger partial charge in [0.25, 0.3) is 0 Å². The third-order valence-corrected chi connectivity index (χ3v) is 3.47. The number of hydrogen-bond donors (Lipinski definition) is 2. The Labute approximate surface area is 104 Å². The molecule has 0 bridgehead atoms. The van der Waals surface area contributed by atoms with Crippen molar-refractivity contribution in [2.45, 2.75) is 25.0 Å². The average molecular weight is 289 g/mol. The van der Waals surface area contributed by atoms with Gasteiger partial charge < -0.3 is 20.2 Å². The minimum Gasteiger partial charge on any atom is -0.466 e. The molecule has 1 aromatic heterocycles. The molecule has 4 nitrogen and oxygen atoms in total. The van der Waals surface area contributed by atoms with E-state index >= 15 is 0 Å². The molecular formula is C11H17BrN2O2. The number of nitrogens with one attached hydrogen (secondary N) is 1. The topological polar surface area (TPSA) is 60.4 Å². The van der Waals surface area contributed by atoms with Crippen molar-refractivity contribution in [2.75, 3.05) is 19.7 Å². The lowest BCUT2D eigenvalue weighted by atomic mass is 10.2. The van der Waals surface area contributed by atoms with E-state index in [1.165, 1.54) is 0 Å². The SMILES string of the molecule is NCC(NCC1CCCO1)c1occc1Br. The lowest BCUT2D eigenvalue weighted by Crippen LogP contribution is -2.34. The summed E-state index contributed by atoms with van der Waals surface area (Å²) in [6, 6.07) is 1.93. The molecule has 1 aliphatic rings. The van der Waals surface area contributed by atoms with E-state index in [-0.39, 0.29) is 6.04 Å². The highest BCUT2D eigenvalue weighted by Gasteiger charge is 2.20. The smallest absolute Gasteiger partial charge is 0.136 e. The third kappa shape index (κ3) is 2.85. The fourth-order valence-electron chi connectivity index (χ4n) is 1.92. The highest BCUT2D eigenvalue weighted by atomic mass is 79.9. The molecule has 0 amide bonds. The van der Waals surface area contributed by atoms with Gasteiger partial charge in [0.2, 0.25) is 0 Å². The van der Waals surface area contributed by atoms with Crippen molar-refractivity contribution in [1.29, 1.82) is 0 Å². The molecule has 5 heteroatoms. The molecule has 1 saturated heterocycles. The monoisotopic (exact) mass is 288 g/mol. The van der Waals surface area contributed by atoms with Crippen LogP contribution in [0.5, 0.6) is 0 Å². The first-order valence-corrected chi connectivity index (χ1v) is 6.38. The van der Waals surface area contributed by atoms with Crippen LogP contribution in [0.3, 0.4) is 0 Å². The van der Waals surface area contributed by atoms with E-state index in [0.29, 0.717) is 12.6 Å². The van der Waals surface area contributed by atoms with Crippen LogP contribution in [0.2, 0.25) is 0 Å². The summed E-state index contributed by atoms with van der Waals surface area (Å²) < 4.78 is 11.9. The van der Waals surface area contributed by atoms with E-state index in [0.717, 1.165) is 36.2 Å².